The number of aromatic nitrogens is 3. The summed E-state index contributed by atoms with van der Waals surface area (Å²) in [6.45, 7) is 3.10. The Kier molecular flexibility index (Phi) is 10.1. The SMILES string of the molecule is CNC(=O)c1ccccc1Sc1ccc2c(/C=C/c3ccccn3)nn([P@@](=O)(NCC(=O)OC(C)C)Oc3ccccc3)c2c1. The van der Waals surface area contributed by atoms with Crippen molar-refractivity contribution < 1.29 is 23.4 Å². The monoisotopic (exact) mass is 641 g/mol. The molecule has 0 saturated carbocycles. The van der Waals surface area contributed by atoms with E-state index in [1.54, 1.807) is 69.6 Å². The van der Waals surface area contributed by atoms with E-state index in [1.807, 2.05) is 60.7 Å². The van der Waals surface area contributed by atoms with Gasteiger partial charge in [0.05, 0.1) is 28.6 Å². The van der Waals surface area contributed by atoms with Crippen LogP contribution in [0.3, 0.4) is 0 Å². The second-order valence-electron chi connectivity index (χ2n) is 10.0. The maximum Gasteiger partial charge on any atom is 0.440 e. The Labute approximate surface area is 265 Å². The fourth-order valence-electron chi connectivity index (χ4n) is 4.37. The van der Waals surface area contributed by atoms with Gasteiger partial charge in [-0.1, -0.05) is 48.2 Å². The molecule has 1 amide bonds. The van der Waals surface area contributed by atoms with Crippen molar-refractivity contribution >= 4 is 54.4 Å². The zero-order chi connectivity index (χ0) is 31.8. The molecule has 0 fully saturated rings. The molecule has 2 heterocycles. The topological polar surface area (TPSA) is 124 Å². The molecule has 5 aromatic rings. The van der Waals surface area contributed by atoms with E-state index in [0.717, 1.165) is 15.5 Å². The van der Waals surface area contributed by atoms with Crippen LogP contribution in [0.5, 0.6) is 5.75 Å². The summed E-state index contributed by atoms with van der Waals surface area (Å²) in [5.74, 6) is -0.468. The van der Waals surface area contributed by atoms with Gasteiger partial charge in [0.2, 0.25) is 0 Å². The number of carbonyl (C=O) groups is 2. The average Bonchev–Trinajstić information content (AvgIpc) is 3.42. The third kappa shape index (κ3) is 7.88. The lowest BCUT2D eigenvalue weighted by Crippen LogP contribution is -2.29. The number of nitrogens with one attached hydrogen (secondary N) is 2. The van der Waals surface area contributed by atoms with Gasteiger partial charge in [0.1, 0.15) is 12.3 Å². The molecule has 2 aromatic heterocycles. The molecule has 230 valence electrons. The summed E-state index contributed by atoms with van der Waals surface area (Å²) in [7, 11) is -2.53. The Morgan fingerprint density at radius 2 is 1.73 bits per heavy atom. The van der Waals surface area contributed by atoms with Crippen molar-refractivity contribution in [3.63, 3.8) is 0 Å². The highest BCUT2D eigenvalue weighted by Gasteiger charge is 2.33. The number of benzene rings is 3. The number of ether oxygens (including phenoxy) is 1. The molecule has 2 N–H and O–H groups in total. The number of para-hydroxylation sites is 1. The van der Waals surface area contributed by atoms with Gasteiger partial charge in [-0.3, -0.25) is 14.6 Å². The predicted molar refractivity (Wildman–Crippen MR) is 176 cm³/mol. The molecule has 12 heteroatoms. The van der Waals surface area contributed by atoms with Crippen molar-refractivity contribution in [1.29, 1.82) is 0 Å². The minimum absolute atomic E-state index is 0.204. The molecular weight excluding hydrogens is 609 g/mol. The predicted octanol–water partition coefficient (Wildman–Crippen LogP) is 6.69. The second kappa shape index (κ2) is 14.4. The Hall–Kier alpha value is -4.70. The fourth-order valence-corrected chi connectivity index (χ4v) is 7.02. The van der Waals surface area contributed by atoms with Gasteiger partial charge < -0.3 is 14.6 Å². The van der Waals surface area contributed by atoms with Crippen LogP contribution in [0.25, 0.3) is 23.1 Å². The molecule has 0 aliphatic carbocycles. The van der Waals surface area contributed by atoms with Crippen LogP contribution in [0.2, 0.25) is 0 Å². The number of esters is 1. The van der Waals surface area contributed by atoms with E-state index in [1.165, 1.54) is 16.2 Å². The van der Waals surface area contributed by atoms with Crippen molar-refractivity contribution in [2.24, 2.45) is 0 Å². The first kappa shape index (κ1) is 31.7. The van der Waals surface area contributed by atoms with Gasteiger partial charge in [0, 0.05) is 28.4 Å². The van der Waals surface area contributed by atoms with Gasteiger partial charge in [0.25, 0.3) is 5.91 Å². The van der Waals surface area contributed by atoms with Crippen LogP contribution in [0, 0.1) is 0 Å². The number of amides is 1. The molecule has 3 aromatic carbocycles. The molecular formula is C33H32N5O5PS. The van der Waals surface area contributed by atoms with Crippen molar-refractivity contribution in [3.05, 3.63) is 114 Å². The van der Waals surface area contributed by atoms with E-state index in [9.17, 15) is 14.2 Å². The third-order valence-electron chi connectivity index (χ3n) is 6.36. The van der Waals surface area contributed by atoms with E-state index in [-0.39, 0.29) is 18.6 Å². The standard InChI is InChI=1S/C33H32N5O5PS/c1-23(2)42-32(39)22-36-44(41,43-25-12-5-4-6-13-25)38-30-21-26(45-31-15-8-7-14-28(31)33(40)34-3)17-18-27(30)29(37-38)19-16-24-11-9-10-20-35-24/h4-21,23H,22H2,1-3H3,(H,34,40)(H,36,41)/b19-16+/t44-/m1/s1. The van der Waals surface area contributed by atoms with Crippen molar-refractivity contribution in [3.8, 4) is 5.75 Å². The summed E-state index contributed by atoms with van der Waals surface area (Å²) in [5.41, 5.74) is 2.25. The lowest BCUT2D eigenvalue weighted by Gasteiger charge is -2.21. The summed E-state index contributed by atoms with van der Waals surface area (Å²) in [6, 6.07) is 27.2. The largest absolute Gasteiger partial charge is 0.462 e. The van der Waals surface area contributed by atoms with Crippen LogP contribution in [-0.4, -0.2) is 46.1 Å². The lowest BCUT2D eigenvalue weighted by molar-refractivity contribution is -0.145. The smallest absolute Gasteiger partial charge is 0.440 e. The molecule has 0 unspecified atom stereocenters. The Morgan fingerprint density at radius 3 is 2.47 bits per heavy atom. The quantitative estimate of drug-likeness (QED) is 0.113. The molecule has 0 aliphatic rings. The molecule has 45 heavy (non-hydrogen) atoms. The summed E-state index contributed by atoms with van der Waals surface area (Å²) in [4.78, 5) is 30.9. The van der Waals surface area contributed by atoms with Crippen LogP contribution in [0.1, 0.15) is 35.6 Å². The van der Waals surface area contributed by atoms with Crippen LogP contribution in [-0.2, 0) is 14.1 Å². The van der Waals surface area contributed by atoms with Gasteiger partial charge in [0.15, 0.2) is 0 Å². The van der Waals surface area contributed by atoms with E-state index in [2.05, 4.69) is 15.4 Å². The molecule has 5 rings (SSSR count). The Morgan fingerprint density at radius 1 is 0.978 bits per heavy atom. The van der Waals surface area contributed by atoms with Crippen molar-refractivity contribution in [2.75, 3.05) is 13.6 Å². The number of pyridine rings is 1. The van der Waals surface area contributed by atoms with E-state index in [0.29, 0.717) is 27.9 Å². The molecule has 0 spiro atoms. The Bertz CT molecular complexity index is 1880. The zero-order valence-electron chi connectivity index (χ0n) is 24.9. The molecule has 0 saturated heterocycles. The highest BCUT2D eigenvalue weighted by Crippen LogP contribution is 2.47. The summed E-state index contributed by atoms with van der Waals surface area (Å²) >= 11 is 1.39. The zero-order valence-corrected chi connectivity index (χ0v) is 26.6. The van der Waals surface area contributed by atoms with Gasteiger partial charge in [-0.15, -0.1) is 0 Å². The molecule has 1 atom stereocenters. The number of hydrogen-bond acceptors (Lipinski definition) is 8. The maximum atomic E-state index is 14.8. The van der Waals surface area contributed by atoms with Crippen LogP contribution in [0.4, 0.5) is 0 Å². The van der Waals surface area contributed by atoms with E-state index >= 15 is 0 Å². The highest BCUT2D eigenvalue weighted by molar-refractivity contribution is 7.99. The fraction of sp³-hybridized carbons (Fsp3) is 0.152. The minimum atomic E-state index is -4.11. The first-order valence-corrected chi connectivity index (χ1v) is 16.6. The number of carbonyl (C=O) groups excluding carboxylic acids is 2. The van der Waals surface area contributed by atoms with Crippen LogP contribution in [0.15, 0.2) is 107 Å². The van der Waals surface area contributed by atoms with Gasteiger partial charge in [-0.2, -0.15) is 9.55 Å². The van der Waals surface area contributed by atoms with Gasteiger partial charge >= 0.3 is 13.6 Å². The number of fused-ring (bicyclic) bond motifs is 1. The second-order valence-corrected chi connectivity index (χ2v) is 13.1. The number of nitrogens with zero attached hydrogens (tertiary/aromatic N) is 3. The number of rotatable bonds is 12. The van der Waals surface area contributed by atoms with Crippen molar-refractivity contribution in [2.45, 2.75) is 29.7 Å². The summed E-state index contributed by atoms with van der Waals surface area (Å²) in [5, 5.41) is 10.9. The van der Waals surface area contributed by atoms with Crippen LogP contribution >= 0.6 is 19.4 Å². The number of hydrogen-bond donors (Lipinski definition) is 2. The lowest BCUT2D eigenvalue weighted by atomic mass is 10.2. The Balaban J connectivity index is 1.63. The maximum absolute atomic E-state index is 14.8. The van der Waals surface area contributed by atoms with Gasteiger partial charge in [-0.05, 0) is 80.6 Å². The first-order chi connectivity index (χ1) is 21.8. The van der Waals surface area contributed by atoms with E-state index in [4.69, 9.17) is 14.4 Å². The summed E-state index contributed by atoms with van der Waals surface area (Å²) < 4.78 is 27.5. The van der Waals surface area contributed by atoms with Crippen LogP contribution < -0.4 is 14.9 Å². The summed E-state index contributed by atoms with van der Waals surface area (Å²) in [6.07, 6.45) is 4.94. The van der Waals surface area contributed by atoms with E-state index < -0.39 is 13.6 Å². The normalized spacial score (nSPS) is 12.7. The van der Waals surface area contributed by atoms with Gasteiger partial charge in [-0.25, -0.2) is 9.65 Å². The molecule has 0 aliphatic heterocycles. The molecule has 10 nitrogen and oxygen atoms in total. The highest BCUT2D eigenvalue weighted by atomic mass is 32.2. The average molecular weight is 642 g/mol. The molecule has 0 bridgehead atoms. The van der Waals surface area contributed by atoms with Crippen molar-refractivity contribution in [1.82, 2.24) is 24.9 Å². The third-order valence-corrected chi connectivity index (χ3v) is 9.25. The minimum Gasteiger partial charge on any atom is -0.462 e. The first-order valence-electron chi connectivity index (χ1n) is 14.2. The molecule has 0 radical (unpaired) electrons.